The first-order valence-corrected chi connectivity index (χ1v) is 6.95. The van der Waals surface area contributed by atoms with Gasteiger partial charge in [-0.1, -0.05) is 54.1 Å². The topological polar surface area (TPSA) is 47.3 Å². The first-order chi connectivity index (χ1) is 10.6. The van der Waals surface area contributed by atoms with Gasteiger partial charge in [-0.3, -0.25) is 4.79 Å². The number of hydrogen-bond donors (Lipinski definition) is 0. The molecule has 0 N–H and O–H groups in total. The number of rotatable bonds is 3. The van der Waals surface area contributed by atoms with Crippen LogP contribution in [-0.2, 0) is 0 Å². The van der Waals surface area contributed by atoms with E-state index in [1.165, 1.54) is 6.08 Å². The molecule has 0 radical (unpaired) electrons. The summed E-state index contributed by atoms with van der Waals surface area (Å²) in [6.45, 7) is 1.98. The van der Waals surface area contributed by atoms with Gasteiger partial charge in [0, 0.05) is 5.39 Å². The van der Waals surface area contributed by atoms with E-state index in [0.29, 0.717) is 5.58 Å². The van der Waals surface area contributed by atoms with E-state index in [4.69, 9.17) is 4.42 Å². The van der Waals surface area contributed by atoms with Crippen molar-refractivity contribution in [3.05, 3.63) is 87.8 Å². The zero-order valence-corrected chi connectivity index (χ0v) is 12.1. The smallest absolute Gasteiger partial charge is 0.347 e. The van der Waals surface area contributed by atoms with E-state index in [1.807, 2.05) is 37.3 Å². The van der Waals surface area contributed by atoms with Crippen LogP contribution in [-0.4, -0.2) is 5.78 Å². The third-order valence-corrected chi connectivity index (χ3v) is 3.38. The summed E-state index contributed by atoms with van der Waals surface area (Å²) in [6.07, 6.45) is 3.10. The minimum absolute atomic E-state index is 0.0441. The molecule has 0 atom stereocenters. The van der Waals surface area contributed by atoms with Crippen molar-refractivity contribution >= 4 is 22.8 Å². The molecule has 3 rings (SSSR count). The average Bonchev–Trinajstić information content (AvgIpc) is 2.52. The first kappa shape index (κ1) is 14.0. The van der Waals surface area contributed by atoms with Gasteiger partial charge in [-0.15, -0.1) is 0 Å². The number of hydrogen-bond acceptors (Lipinski definition) is 3. The second kappa shape index (κ2) is 5.82. The van der Waals surface area contributed by atoms with Crippen molar-refractivity contribution in [3.8, 4) is 0 Å². The van der Waals surface area contributed by atoms with E-state index in [0.717, 1.165) is 16.5 Å². The zero-order chi connectivity index (χ0) is 15.5. The van der Waals surface area contributed by atoms with Crippen molar-refractivity contribution in [3.63, 3.8) is 0 Å². The lowest BCUT2D eigenvalue weighted by atomic mass is 10.1. The maximum Gasteiger partial charge on any atom is 0.347 e. The van der Waals surface area contributed by atoms with E-state index >= 15 is 0 Å². The van der Waals surface area contributed by atoms with Gasteiger partial charge < -0.3 is 4.42 Å². The molecule has 2 aromatic carbocycles. The molecule has 1 heterocycles. The van der Waals surface area contributed by atoms with E-state index in [-0.39, 0.29) is 11.3 Å². The van der Waals surface area contributed by atoms with Crippen LogP contribution in [0.15, 0.2) is 69.9 Å². The Morgan fingerprint density at radius 3 is 2.68 bits per heavy atom. The predicted octanol–water partition coefficient (Wildman–Crippen LogP) is 4.00. The summed E-state index contributed by atoms with van der Waals surface area (Å²) in [4.78, 5) is 24.1. The highest BCUT2D eigenvalue weighted by molar-refractivity contribution is 6.07. The lowest BCUT2D eigenvalue weighted by molar-refractivity contribution is 0.104. The van der Waals surface area contributed by atoms with Crippen LogP contribution in [0.25, 0.3) is 17.0 Å². The molecule has 0 unspecified atom stereocenters. The Morgan fingerprint density at radius 2 is 1.86 bits per heavy atom. The number of fused-ring (bicyclic) bond motifs is 1. The Kier molecular flexibility index (Phi) is 3.71. The molecule has 3 nitrogen and oxygen atoms in total. The molecule has 108 valence electrons. The number of benzene rings is 2. The lowest BCUT2D eigenvalue weighted by Gasteiger charge is -1.99. The normalized spacial score (nSPS) is 11.1. The van der Waals surface area contributed by atoms with Crippen LogP contribution in [0.5, 0.6) is 0 Å². The third-order valence-electron chi connectivity index (χ3n) is 3.38. The summed E-state index contributed by atoms with van der Waals surface area (Å²) < 4.78 is 5.17. The van der Waals surface area contributed by atoms with Gasteiger partial charge in [0.05, 0.1) is 0 Å². The number of ketones is 1. The van der Waals surface area contributed by atoms with Crippen molar-refractivity contribution in [2.45, 2.75) is 6.92 Å². The van der Waals surface area contributed by atoms with E-state index in [1.54, 1.807) is 30.3 Å². The number of carbonyl (C=O) groups is 1. The molecule has 1 aromatic heterocycles. The van der Waals surface area contributed by atoms with Gasteiger partial charge in [0.1, 0.15) is 11.1 Å². The van der Waals surface area contributed by atoms with Crippen molar-refractivity contribution in [1.82, 2.24) is 0 Å². The van der Waals surface area contributed by atoms with Crippen LogP contribution in [0.4, 0.5) is 0 Å². The van der Waals surface area contributed by atoms with Gasteiger partial charge in [-0.25, -0.2) is 4.79 Å². The van der Waals surface area contributed by atoms with Crippen LogP contribution >= 0.6 is 0 Å². The van der Waals surface area contributed by atoms with Gasteiger partial charge in [-0.2, -0.15) is 0 Å². The SMILES string of the molecule is Cc1cccc(/C=C/C(=O)c2cc3ccccc3oc2=O)c1. The fourth-order valence-electron chi connectivity index (χ4n) is 2.27. The molecule has 0 bridgehead atoms. The van der Waals surface area contributed by atoms with Gasteiger partial charge in [0.25, 0.3) is 0 Å². The number of aryl methyl sites for hydroxylation is 1. The van der Waals surface area contributed by atoms with Crippen LogP contribution in [0, 0.1) is 6.92 Å². The lowest BCUT2D eigenvalue weighted by Crippen LogP contribution is -2.11. The van der Waals surface area contributed by atoms with Crippen molar-refractivity contribution < 1.29 is 9.21 Å². The summed E-state index contributed by atoms with van der Waals surface area (Å²) in [5.74, 6) is -0.360. The monoisotopic (exact) mass is 290 g/mol. The summed E-state index contributed by atoms with van der Waals surface area (Å²) in [5, 5.41) is 0.731. The fourth-order valence-corrected chi connectivity index (χ4v) is 2.27. The summed E-state index contributed by atoms with van der Waals surface area (Å²) in [7, 11) is 0. The second-order valence-electron chi connectivity index (χ2n) is 5.10. The predicted molar refractivity (Wildman–Crippen MR) is 87.0 cm³/mol. The molecule has 3 aromatic rings. The van der Waals surface area contributed by atoms with Gasteiger partial charge in [0.15, 0.2) is 5.78 Å². The molecular formula is C19H14O3. The van der Waals surface area contributed by atoms with Crippen molar-refractivity contribution in [2.24, 2.45) is 0 Å². The van der Waals surface area contributed by atoms with E-state index < -0.39 is 5.63 Å². The highest BCUT2D eigenvalue weighted by atomic mass is 16.4. The number of carbonyl (C=O) groups excluding carboxylic acids is 1. The standard InChI is InChI=1S/C19H14O3/c1-13-5-4-6-14(11-13)9-10-17(20)16-12-15-7-2-3-8-18(15)22-19(16)21/h2-12H,1H3/b10-9+. The average molecular weight is 290 g/mol. The van der Waals surface area contributed by atoms with Gasteiger partial charge in [0.2, 0.25) is 0 Å². The Morgan fingerprint density at radius 1 is 1.05 bits per heavy atom. The molecule has 0 saturated carbocycles. The summed E-state index contributed by atoms with van der Waals surface area (Å²) >= 11 is 0. The molecule has 3 heteroatoms. The van der Waals surface area contributed by atoms with Crippen LogP contribution < -0.4 is 5.63 Å². The molecule has 0 aliphatic rings. The molecular weight excluding hydrogens is 276 g/mol. The highest BCUT2D eigenvalue weighted by Crippen LogP contribution is 2.13. The third kappa shape index (κ3) is 2.88. The molecule has 0 spiro atoms. The summed E-state index contributed by atoms with van der Waals surface area (Å²) in [6, 6.07) is 16.5. The maximum absolute atomic E-state index is 12.2. The van der Waals surface area contributed by atoms with Crippen molar-refractivity contribution in [1.29, 1.82) is 0 Å². The highest BCUT2D eigenvalue weighted by Gasteiger charge is 2.10. The Balaban J connectivity index is 1.95. The fraction of sp³-hybridized carbons (Fsp3) is 0.0526. The minimum Gasteiger partial charge on any atom is -0.422 e. The molecule has 0 fully saturated rings. The van der Waals surface area contributed by atoms with Crippen molar-refractivity contribution in [2.75, 3.05) is 0 Å². The molecule has 0 saturated heterocycles. The quantitative estimate of drug-likeness (QED) is 0.416. The molecule has 0 amide bonds. The number of para-hydroxylation sites is 1. The molecule has 0 aliphatic carbocycles. The first-order valence-electron chi connectivity index (χ1n) is 6.95. The Hall–Kier alpha value is -2.94. The Bertz CT molecular complexity index is 933. The largest absolute Gasteiger partial charge is 0.422 e. The molecule has 22 heavy (non-hydrogen) atoms. The zero-order valence-electron chi connectivity index (χ0n) is 12.1. The minimum atomic E-state index is -0.613. The second-order valence-corrected chi connectivity index (χ2v) is 5.10. The van der Waals surface area contributed by atoms with Crippen LogP contribution in [0.2, 0.25) is 0 Å². The maximum atomic E-state index is 12.2. The summed E-state index contributed by atoms with van der Waals surface area (Å²) in [5.41, 5.74) is 1.94. The van der Waals surface area contributed by atoms with Crippen LogP contribution in [0.1, 0.15) is 21.5 Å². The van der Waals surface area contributed by atoms with Gasteiger partial charge >= 0.3 is 5.63 Å². The van der Waals surface area contributed by atoms with E-state index in [2.05, 4.69) is 0 Å². The van der Waals surface area contributed by atoms with Crippen LogP contribution in [0.3, 0.4) is 0 Å². The number of allylic oxidation sites excluding steroid dienone is 1. The molecule has 0 aliphatic heterocycles. The Labute approximate surface area is 127 Å². The van der Waals surface area contributed by atoms with E-state index in [9.17, 15) is 9.59 Å². The van der Waals surface area contributed by atoms with Gasteiger partial charge in [-0.05, 0) is 30.7 Å².